The van der Waals surface area contributed by atoms with E-state index in [2.05, 4.69) is 15.3 Å². The number of piperazine rings is 1. The predicted octanol–water partition coefficient (Wildman–Crippen LogP) is 6.36. The first-order valence-electron chi connectivity index (χ1n) is 23.1. The number of halogens is 2. The number of nitrogens with one attached hydrogen (secondary N) is 1. The zero-order valence-corrected chi connectivity index (χ0v) is 40.0. The van der Waals surface area contributed by atoms with Gasteiger partial charge in [0.15, 0.2) is 6.61 Å². The van der Waals surface area contributed by atoms with Gasteiger partial charge in [-0.1, -0.05) is 29.8 Å². The van der Waals surface area contributed by atoms with Crippen LogP contribution in [0.25, 0.3) is 32.8 Å². The second kappa shape index (κ2) is 19.2. The number of benzene rings is 4. The number of aryl methyl sites for hydroxylation is 3. The molecule has 9 rings (SSSR count). The molecule has 0 bridgehead atoms. The van der Waals surface area contributed by atoms with Crippen LogP contribution in [-0.2, 0) is 40.9 Å². The summed E-state index contributed by atoms with van der Waals surface area (Å²) in [7, 11) is 5.55. The van der Waals surface area contributed by atoms with E-state index in [1.807, 2.05) is 74.8 Å². The molecule has 0 spiro atoms. The van der Waals surface area contributed by atoms with Gasteiger partial charge in [-0.05, 0) is 86.5 Å². The van der Waals surface area contributed by atoms with Gasteiger partial charge >= 0.3 is 5.97 Å². The molecule has 69 heavy (non-hydrogen) atoms. The lowest BCUT2D eigenvalue weighted by atomic mass is 9.98. The van der Waals surface area contributed by atoms with E-state index in [1.165, 1.54) is 17.0 Å². The fourth-order valence-corrected chi connectivity index (χ4v) is 10.4. The maximum absolute atomic E-state index is 14.0. The highest BCUT2D eigenvalue weighted by molar-refractivity contribution is 6.35. The molecule has 1 atom stereocenters. The second-order valence-electron chi connectivity index (χ2n) is 18.1. The van der Waals surface area contributed by atoms with Crippen LogP contribution in [-0.4, -0.2) is 130 Å². The van der Waals surface area contributed by atoms with Crippen molar-refractivity contribution in [3.8, 4) is 22.6 Å². The maximum Gasteiger partial charge on any atom is 0.352 e. The first-order valence-corrected chi connectivity index (χ1v) is 23.5. The van der Waals surface area contributed by atoms with Crippen LogP contribution in [0.5, 0.6) is 11.5 Å². The zero-order chi connectivity index (χ0) is 48.8. The van der Waals surface area contributed by atoms with Crippen molar-refractivity contribution < 1.29 is 42.9 Å². The Kier molecular flexibility index (Phi) is 13.1. The Hall–Kier alpha value is -6.98. The number of carbonyl (C=O) groups excluding carboxylic acids is 4. The quantitative estimate of drug-likeness (QED) is 0.0867. The normalized spacial score (nSPS) is 16.4. The fourth-order valence-electron chi connectivity index (χ4n) is 10.2. The van der Waals surface area contributed by atoms with Gasteiger partial charge in [0.2, 0.25) is 11.8 Å². The minimum Gasteiger partial charge on any atom is -0.493 e. The number of imide groups is 1. The lowest BCUT2D eigenvalue weighted by Crippen LogP contribution is -2.52. The number of hydrogen-bond acceptors (Lipinski definition) is 10. The summed E-state index contributed by atoms with van der Waals surface area (Å²) in [5.41, 5.74) is 6.42. The molecule has 2 aromatic heterocycles. The summed E-state index contributed by atoms with van der Waals surface area (Å²) in [5.74, 6) is -1.81. The van der Waals surface area contributed by atoms with Crippen molar-refractivity contribution in [1.82, 2.24) is 34.4 Å². The van der Waals surface area contributed by atoms with Gasteiger partial charge in [0.05, 0.1) is 35.1 Å². The molecule has 3 aliphatic heterocycles. The molecule has 4 amide bonds. The van der Waals surface area contributed by atoms with Gasteiger partial charge in [0.1, 0.15) is 29.1 Å². The van der Waals surface area contributed by atoms with Crippen molar-refractivity contribution >= 4 is 68.6 Å². The molecule has 3 aliphatic rings. The van der Waals surface area contributed by atoms with E-state index in [1.54, 1.807) is 27.8 Å². The molecule has 2 fully saturated rings. The number of anilines is 1. The van der Waals surface area contributed by atoms with Crippen LogP contribution in [0.15, 0.2) is 60.7 Å². The molecule has 6 aromatic rings. The third-order valence-electron chi connectivity index (χ3n) is 13.7. The second-order valence-corrected chi connectivity index (χ2v) is 18.5. The number of amides is 4. The molecule has 0 saturated carbocycles. The summed E-state index contributed by atoms with van der Waals surface area (Å²) in [6.45, 7) is 6.72. The zero-order valence-electron chi connectivity index (χ0n) is 39.2. The number of hydrogen-bond donors (Lipinski definition) is 2. The Morgan fingerprint density at radius 3 is 2.43 bits per heavy atom. The summed E-state index contributed by atoms with van der Waals surface area (Å²) < 4.78 is 30.1. The topological polar surface area (TPSA) is 172 Å². The lowest BCUT2D eigenvalue weighted by molar-refractivity contribution is -0.137. The van der Waals surface area contributed by atoms with Crippen LogP contribution >= 0.6 is 11.6 Å². The third kappa shape index (κ3) is 8.96. The SMILES string of the molecule is Cc1nn(C)c(C)c1-c1c(Cl)ccc2c(CCCOc3cccc4cc(F)ccc34)c(C(=O)O)n(CCN3CCN(C(=O)COc4c(N(C)C)ccc5c4CN(C4CCC(=O)NC4=O)C5=O)CC3)c12. The van der Waals surface area contributed by atoms with Crippen molar-refractivity contribution in [3.63, 3.8) is 0 Å². The number of piperidine rings is 1. The Balaban J connectivity index is 0.911. The van der Waals surface area contributed by atoms with E-state index >= 15 is 0 Å². The standard InChI is InChI=1S/C51H54ClFN8O8/c1-29-44(30(2)57(5)55-29)45-38(52)15-13-35-34(9-7-25-68-41-10-6-8-31-26-32(53)11-12-33(31)41)47(51(66)67)60(46(35)45)24-21-58-19-22-59(23-20-58)43(63)28-69-48-37-27-61(40-17-18-42(62)54-49(40)64)50(65)36(37)14-16-39(48)56(3)4/h6,8,10-16,26,40H,7,9,17-25,27-28H2,1-5H3,(H,66,67)(H,54,62,64). The molecule has 2 saturated heterocycles. The predicted molar refractivity (Wildman–Crippen MR) is 259 cm³/mol. The van der Waals surface area contributed by atoms with Crippen molar-refractivity contribution in [1.29, 1.82) is 0 Å². The van der Waals surface area contributed by atoms with Crippen LogP contribution in [0.2, 0.25) is 5.02 Å². The van der Waals surface area contributed by atoms with Crippen molar-refractivity contribution in [2.24, 2.45) is 7.05 Å². The maximum atomic E-state index is 14.0. The average molecular weight is 961 g/mol. The number of nitrogens with zero attached hydrogens (tertiary/aromatic N) is 7. The number of aromatic nitrogens is 3. The van der Waals surface area contributed by atoms with E-state index in [0.717, 1.165) is 38.7 Å². The van der Waals surface area contributed by atoms with E-state index in [-0.39, 0.29) is 55.2 Å². The fraction of sp³-hybridized carbons (Fsp3) is 0.373. The van der Waals surface area contributed by atoms with Crippen molar-refractivity contribution in [2.75, 3.05) is 64.9 Å². The molecule has 0 radical (unpaired) electrons. The molecule has 5 heterocycles. The summed E-state index contributed by atoms with van der Waals surface area (Å²) in [4.78, 5) is 72.6. The van der Waals surface area contributed by atoms with Crippen LogP contribution in [0.4, 0.5) is 10.1 Å². The third-order valence-corrected chi connectivity index (χ3v) is 14.0. The van der Waals surface area contributed by atoms with Gasteiger partial charge in [0.25, 0.3) is 11.8 Å². The Bertz CT molecular complexity index is 3070. The van der Waals surface area contributed by atoms with E-state index < -0.39 is 17.9 Å². The summed E-state index contributed by atoms with van der Waals surface area (Å²) >= 11 is 7.08. The smallest absolute Gasteiger partial charge is 0.352 e. The number of fused-ring (bicyclic) bond motifs is 3. The first-order chi connectivity index (χ1) is 33.1. The van der Waals surface area contributed by atoms with E-state index in [0.29, 0.717) is 103 Å². The molecule has 0 aliphatic carbocycles. The Morgan fingerprint density at radius 2 is 1.72 bits per heavy atom. The Morgan fingerprint density at radius 1 is 0.957 bits per heavy atom. The highest BCUT2D eigenvalue weighted by atomic mass is 35.5. The minimum absolute atomic E-state index is 0.103. The molecule has 1 unspecified atom stereocenters. The number of ether oxygens (including phenoxy) is 2. The number of carboxylic acid groups (broad SMARTS) is 1. The van der Waals surface area contributed by atoms with Crippen molar-refractivity contribution in [2.45, 2.75) is 58.7 Å². The molecule has 2 N–H and O–H groups in total. The number of carbonyl (C=O) groups is 5. The molecular formula is C51H54ClFN8O8. The minimum atomic E-state index is -1.06. The molecule has 360 valence electrons. The number of aromatic carboxylic acids is 1. The lowest BCUT2D eigenvalue weighted by Gasteiger charge is -2.35. The van der Waals surface area contributed by atoms with Gasteiger partial charge in [-0.15, -0.1) is 0 Å². The summed E-state index contributed by atoms with van der Waals surface area (Å²) in [6, 6.07) is 16.4. The highest BCUT2D eigenvalue weighted by Gasteiger charge is 2.41. The highest BCUT2D eigenvalue weighted by Crippen LogP contribution is 2.43. The molecule has 4 aromatic carbocycles. The number of rotatable bonds is 15. The average Bonchev–Trinajstić information content (AvgIpc) is 3.91. The van der Waals surface area contributed by atoms with Gasteiger partial charge in [0, 0.05) is 106 Å². The summed E-state index contributed by atoms with van der Waals surface area (Å²) in [5, 5.41) is 20.8. The first kappa shape index (κ1) is 47.1. The van der Waals surface area contributed by atoms with Gasteiger partial charge in [-0.2, -0.15) is 5.10 Å². The Labute approximate surface area is 403 Å². The van der Waals surface area contributed by atoms with Crippen molar-refractivity contribution in [3.05, 3.63) is 105 Å². The largest absolute Gasteiger partial charge is 0.493 e. The van der Waals surface area contributed by atoms with Crippen LogP contribution in [0.1, 0.15) is 62.6 Å². The molecule has 18 heteroatoms. The van der Waals surface area contributed by atoms with Gasteiger partial charge in [-0.25, -0.2) is 9.18 Å². The number of carboxylic acids is 1. The van der Waals surface area contributed by atoms with Crippen LogP contribution < -0.4 is 19.7 Å². The van der Waals surface area contributed by atoms with Gasteiger partial charge < -0.3 is 33.8 Å². The van der Waals surface area contributed by atoms with E-state index in [4.69, 9.17) is 21.1 Å². The molecular weight excluding hydrogens is 907 g/mol. The molecule has 16 nitrogen and oxygen atoms in total. The van der Waals surface area contributed by atoms with Gasteiger partial charge in [-0.3, -0.25) is 34.1 Å². The van der Waals surface area contributed by atoms with E-state index in [9.17, 15) is 33.5 Å². The monoisotopic (exact) mass is 960 g/mol. The summed E-state index contributed by atoms with van der Waals surface area (Å²) in [6.07, 6.45) is 1.26. The van der Waals surface area contributed by atoms with Crippen LogP contribution in [0.3, 0.4) is 0 Å². The van der Waals surface area contributed by atoms with Crippen LogP contribution in [0, 0.1) is 19.7 Å².